The summed E-state index contributed by atoms with van der Waals surface area (Å²) in [7, 11) is 0. The van der Waals surface area contributed by atoms with E-state index in [1.807, 2.05) is 12.2 Å². The molecule has 0 atom stereocenters. The molecule has 1 radical (unpaired) electrons. The standard InChI is InChI=1S/C5H5.C2H4O.Co/c1-2-4-5-3-1;1-2-3;/h1-3H,4H2;2H,1H3;/q-1;;. The summed E-state index contributed by atoms with van der Waals surface area (Å²) in [5.41, 5.74) is 0. The van der Waals surface area contributed by atoms with Gasteiger partial charge in [-0.3, -0.25) is 6.08 Å². The molecule has 0 aromatic carbocycles. The summed E-state index contributed by atoms with van der Waals surface area (Å²) in [5, 5.41) is 0. The van der Waals surface area contributed by atoms with Crippen LogP contribution < -0.4 is 0 Å². The summed E-state index contributed by atoms with van der Waals surface area (Å²) in [6.45, 7) is 1.44. The minimum absolute atomic E-state index is 0. The summed E-state index contributed by atoms with van der Waals surface area (Å²) in [6, 6.07) is 0. The topological polar surface area (TPSA) is 17.1 Å². The summed E-state index contributed by atoms with van der Waals surface area (Å²) >= 11 is 0. The van der Waals surface area contributed by atoms with Crippen molar-refractivity contribution in [3.05, 3.63) is 24.3 Å². The fraction of sp³-hybridized carbons (Fsp3) is 0.286. The van der Waals surface area contributed by atoms with Crippen LogP contribution in [-0.2, 0) is 21.6 Å². The van der Waals surface area contributed by atoms with Crippen LogP contribution in [0.4, 0.5) is 0 Å². The number of allylic oxidation sites excluding steroid dienone is 4. The van der Waals surface area contributed by atoms with Gasteiger partial charge in [-0.05, 0) is 6.92 Å². The summed E-state index contributed by atoms with van der Waals surface area (Å²) < 4.78 is 0. The number of aldehydes is 1. The Hall–Kier alpha value is -0.344. The van der Waals surface area contributed by atoms with Gasteiger partial charge in [-0.2, -0.15) is 6.08 Å². The Bertz CT molecular complexity index is 95.5. The van der Waals surface area contributed by atoms with Crippen LogP contribution in [0.2, 0.25) is 0 Å². The van der Waals surface area contributed by atoms with Crippen molar-refractivity contribution in [2.75, 3.05) is 0 Å². The first-order valence-corrected chi connectivity index (χ1v) is 2.53. The van der Waals surface area contributed by atoms with Gasteiger partial charge in [0.15, 0.2) is 0 Å². The summed E-state index contributed by atoms with van der Waals surface area (Å²) in [6.07, 6.45) is 10.8. The zero-order valence-electron chi connectivity index (χ0n) is 5.26. The van der Waals surface area contributed by atoms with E-state index in [0.29, 0.717) is 0 Å². The van der Waals surface area contributed by atoms with Crippen LogP contribution in [0.5, 0.6) is 0 Å². The SMILES string of the molecule is CC=O.[C-]1=CC=CC1.[Co]. The molecular weight excluding hydrogens is 159 g/mol. The van der Waals surface area contributed by atoms with Crippen molar-refractivity contribution in [3.63, 3.8) is 0 Å². The maximum absolute atomic E-state index is 8.81. The number of hydrogen-bond donors (Lipinski definition) is 0. The van der Waals surface area contributed by atoms with Crippen molar-refractivity contribution in [3.8, 4) is 0 Å². The van der Waals surface area contributed by atoms with Crippen LogP contribution >= 0.6 is 0 Å². The minimum atomic E-state index is 0. The van der Waals surface area contributed by atoms with Crippen molar-refractivity contribution < 1.29 is 21.6 Å². The second-order valence-electron chi connectivity index (χ2n) is 1.24. The molecule has 0 amide bonds. The molecule has 0 aromatic rings. The first-order valence-electron chi connectivity index (χ1n) is 2.53. The molecule has 0 saturated carbocycles. The predicted octanol–water partition coefficient (Wildman–Crippen LogP) is 1.51. The van der Waals surface area contributed by atoms with Gasteiger partial charge >= 0.3 is 0 Å². The van der Waals surface area contributed by atoms with Gasteiger partial charge in [0.05, 0.1) is 0 Å². The van der Waals surface area contributed by atoms with Crippen molar-refractivity contribution in [1.29, 1.82) is 0 Å². The van der Waals surface area contributed by atoms with Crippen LogP contribution in [0.1, 0.15) is 13.3 Å². The molecule has 1 aliphatic rings. The van der Waals surface area contributed by atoms with E-state index in [-0.39, 0.29) is 16.8 Å². The van der Waals surface area contributed by atoms with E-state index in [1.165, 1.54) is 6.92 Å². The molecule has 1 nitrogen and oxygen atoms in total. The number of hydrogen-bond acceptors (Lipinski definition) is 1. The molecule has 1 rings (SSSR count). The van der Waals surface area contributed by atoms with E-state index in [4.69, 9.17) is 4.79 Å². The van der Waals surface area contributed by atoms with Gasteiger partial charge in [-0.15, -0.1) is 6.42 Å². The molecule has 2 heteroatoms. The van der Waals surface area contributed by atoms with Gasteiger partial charge in [0.25, 0.3) is 0 Å². The Labute approximate surface area is 66.0 Å². The number of carbonyl (C=O) groups excluding carboxylic acids is 1. The first kappa shape index (κ1) is 11.5. The Kier molecular flexibility index (Phi) is 13.5. The van der Waals surface area contributed by atoms with Gasteiger partial charge in [0.2, 0.25) is 0 Å². The van der Waals surface area contributed by atoms with E-state index in [1.54, 1.807) is 0 Å². The van der Waals surface area contributed by atoms with E-state index in [0.717, 1.165) is 12.7 Å². The second-order valence-corrected chi connectivity index (χ2v) is 1.24. The maximum atomic E-state index is 8.81. The molecule has 0 aromatic heterocycles. The second kappa shape index (κ2) is 10.6. The molecule has 0 spiro atoms. The monoisotopic (exact) mass is 168 g/mol. The number of carbonyl (C=O) groups is 1. The van der Waals surface area contributed by atoms with Gasteiger partial charge in [0.1, 0.15) is 6.29 Å². The molecule has 0 heterocycles. The van der Waals surface area contributed by atoms with Crippen LogP contribution in [0.15, 0.2) is 18.2 Å². The van der Waals surface area contributed by atoms with Crippen molar-refractivity contribution in [1.82, 2.24) is 0 Å². The Morgan fingerprint density at radius 2 is 2.22 bits per heavy atom. The van der Waals surface area contributed by atoms with E-state index in [9.17, 15) is 0 Å². The minimum Gasteiger partial charge on any atom is -0.304 e. The molecule has 0 N–H and O–H groups in total. The largest absolute Gasteiger partial charge is 0.304 e. The fourth-order valence-corrected chi connectivity index (χ4v) is 0.340. The predicted molar refractivity (Wildman–Crippen MR) is 33.3 cm³/mol. The molecule has 0 bridgehead atoms. The maximum Gasteiger partial charge on any atom is 0.116 e. The third-order valence-corrected chi connectivity index (χ3v) is 0.586. The van der Waals surface area contributed by atoms with Crippen molar-refractivity contribution in [2.24, 2.45) is 0 Å². The molecule has 0 unspecified atom stereocenters. The van der Waals surface area contributed by atoms with Gasteiger partial charge in [0, 0.05) is 16.8 Å². The Balaban J connectivity index is 0. The van der Waals surface area contributed by atoms with Crippen LogP contribution in [0.25, 0.3) is 0 Å². The van der Waals surface area contributed by atoms with Gasteiger partial charge < -0.3 is 4.79 Å². The quantitative estimate of drug-likeness (QED) is 0.395. The van der Waals surface area contributed by atoms with Crippen LogP contribution in [0, 0.1) is 6.08 Å². The fourth-order valence-electron chi connectivity index (χ4n) is 0.340. The Morgan fingerprint density at radius 1 is 1.67 bits per heavy atom. The summed E-state index contributed by atoms with van der Waals surface area (Å²) in [4.78, 5) is 8.81. The van der Waals surface area contributed by atoms with E-state index in [2.05, 4.69) is 12.2 Å². The van der Waals surface area contributed by atoms with Crippen molar-refractivity contribution >= 4 is 6.29 Å². The molecule has 9 heavy (non-hydrogen) atoms. The molecule has 0 fully saturated rings. The average molecular weight is 168 g/mol. The average Bonchev–Trinajstić information content (AvgIpc) is 2.17. The Morgan fingerprint density at radius 3 is 2.33 bits per heavy atom. The van der Waals surface area contributed by atoms with E-state index >= 15 is 0 Å². The molecule has 53 valence electrons. The van der Waals surface area contributed by atoms with Crippen LogP contribution in [0.3, 0.4) is 0 Å². The van der Waals surface area contributed by atoms with Crippen LogP contribution in [-0.4, -0.2) is 6.29 Å². The first-order chi connectivity index (χ1) is 3.91. The van der Waals surface area contributed by atoms with Crippen molar-refractivity contribution in [2.45, 2.75) is 13.3 Å². The summed E-state index contributed by atoms with van der Waals surface area (Å²) in [5.74, 6) is 0. The smallest absolute Gasteiger partial charge is 0.116 e. The van der Waals surface area contributed by atoms with E-state index < -0.39 is 0 Å². The molecule has 1 aliphatic carbocycles. The zero-order valence-corrected chi connectivity index (χ0v) is 6.30. The van der Waals surface area contributed by atoms with Gasteiger partial charge in [-0.1, -0.05) is 0 Å². The molecule has 0 aliphatic heterocycles. The van der Waals surface area contributed by atoms with Gasteiger partial charge in [-0.25, -0.2) is 12.2 Å². The normalized spacial score (nSPS) is 11.2. The molecule has 0 saturated heterocycles. The zero-order chi connectivity index (χ0) is 6.24. The third kappa shape index (κ3) is 11.3. The number of rotatable bonds is 0. The third-order valence-electron chi connectivity index (χ3n) is 0.586. The molecular formula is C7H9CoO-.